The summed E-state index contributed by atoms with van der Waals surface area (Å²) in [7, 11) is 0. The molecular weight excluding hydrogens is 496 g/mol. The van der Waals surface area contributed by atoms with Crippen LogP contribution in [0.2, 0.25) is 0 Å². The van der Waals surface area contributed by atoms with Crippen molar-refractivity contribution in [3.63, 3.8) is 0 Å². The SMILES string of the molecule is CCOc1cccnc1Oc1cccc(-c2cncc(NC(=O)CCc3ccc(C(C)(C)C(=O)O)cc3)n2)c1. The van der Waals surface area contributed by atoms with Crippen LogP contribution >= 0.6 is 0 Å². The van der Waals surface area contributed by atoms with Crippen molar-refractivity contribution in [2.75, 3.05) is 11.9 Å². The first-order chi connectivity index (χ1) is 18.8. The number of rotatable bonds is 11. The van der Waals surface area contributed by atoms with Gasteiger partial charge >= 0.3 is 5.97 Å². The first kappa shape index (κ1) is 27.3. The zero-order valence-electron chi connectivity index (χ0n) is 22.0. The average molecular weight is 527 g/mol. The van der Waals surface area contributed by atoms with E-state index in [1.165, 1.54) is 6.20 Å². The Morgan fingerprint density at radius 3 is 2.56 bits per heavy atom. The molecule has 0 unspecified atom stereocenters. The number of nitrogens with zero attached hydrogens (tertiary/aromatic N) is 3. The summed E-state index contributed by atoms with van der Waals surface area (Å²) in [6.07, 6.45) is 5.48. The zero-order valence-corrected chi connectivity index (χ0v) is 22.0. The number of hydrogen-bond acceptors (Lipinski definition) is 7. The Balaban J connectivity index is 1.39. The molecule has 4 rings (SSSR count). The highest BCUT2D eigenvalue weighted by molar-refractivity contribution is 5.90. The molecule has 0 aliphatic heterocycles. The second-order valence-electron chi connectivity index (χ2n) is 9.33. The molecule has 0 saturated heterocycles. The van der Waals surface area contributed by atoms with Crippen molar-refractivity contribution in [2.24, 2.45) is 0 Å². The van der Waals surface area contributed by atoms with Crippen LogP contribution in [0.5, 0.6) is 17.4 Å². The number of ether oxygens (including phenoxy) is 2. The second kappa shape index (κ2) is 12.2. The summed E-state index contributed by atoms with van der Waals surface area (Å²) in [4.78, 5) is 37.1. The van der Waals surface area contributed by atoms with E-state index in [4.69, 9.17) is 9.47 Å². The summed E-state index contributed by atoms with van der Waals surface area (Å²) in [6, 6.07) is 18.2. The number of carbonyl (C=O) groups excluding carboxylic acids is 1. The van der Waals surface area contributed by atoms with E-state index < -0.39 is 11.4 Å². The second-order valence-corrected chi connectivity index (χ2v) is 9.33. The minimum absolute atomic E-state index is 0.202. The number of pyridine rings is 1. The number of aliphatic carboxylic acids is 1. The predicted octanol–water partition coefficient (Wildman–Crippen LogP) is 5.66. The van der Waals surface area contributed by atoms with E-state index in [-0.39, 0.29) is 12.3 Å². The van der Waals surface area contributed by atoms with Crippen molar-refractivity contribution in [3.05, 3.63) is 90.4 Å². The Morgan fingerprint density at radius 1 is 1.03 bits per heavy atom. The highest BCUT2D eigenvalue weighted by Crippen LogP contribution is 2.31. The zero-order chi connectivity index (χ0) is 27.8. The molecule has 2 aromatic heterocycles. The molecule has 0 atom stereocenters. The van der Waals surface area contributed by atoms with Gasteiger partial charge in [-0.3, -0.25) is 14.6 Å². The molecule has 0 fully saturated rings. The lowest BCUT2D eigenvalue weighted by Gasteiger charge is -2.19. The molecule has 9 heteroatoms. The van der Waals surface area contributed by atoms with Crippen molar-refractivity contribution in [1.29, 1.82) is 0 Å². The van der Waals surface area contributed by atoms with Gasteiger partial charge in [0.2, 0.25) is 5.91 Å². The lowest BCUT2D eigenvalue weighted by atomic mass is 9.84. The van der Waals surface area contributed by atoms with Gasteiger partial charge in [-0.2, -0.15) is 0 Å². The fraction of sp³-hybridized carbons (Fsp3) is 0.233. The standard InChI is InChI=1S/C30H30N4O5/c1-4-38-25-9-6-16-32-28(25)39-23-8-5-7-21(17-23)24-18-31-19-26(33-24)34-27(35)15-12-20-10-13-22(14-11-20)30(2,3)29(36)37/h5-11,13-14,16-19H,4,12,15H2,1-3H3,(H,36,37)(H,33,34,35). The molecule has 0 aliphatic rings. The molecule has 2 heterocycles. The van der Waals surface area contributed by atoms with E-state index in [2.05, 4.69) is 20.3 Å². The lowest BCUT2D eigenvalue weighted by molar-refractivity contribution is -0.142. The van der Waals surface area contributed by atoms with E-state index in [0.29, 0.717) is 47.5 Å². The van der Waals surface area contributed by atoms with Crippen molar-refractivity contribution < 1.29 is 24.2 Å². The first-order valence-corrected chi connectivity index (χ1v) is 12.6. The van der Waals surface area contributed by atoms with Crippen LogP contribution in [0.1, 0.15) is 38.3 Å². The third kappa shape index (κ3) is 6.95. The highest BCUT2D eigenvalue weighted by atomic mass is 16.5. The van der Waals surface area contributed by atoms with Gasteiger partial charge in [0.05, 0.1) is 30.1 Å². The van der Waals surface area contributed by atoms with Crippen molar-refractivity contribution in [2.45, 2.75) is 39.0 Å². The number of amides is 1. The molecule has 0 saturated carbocycles. The number of carboxylic acid groups (broad SMARTS) is 1. The molecule has 200 valence electrons. The van der Waals surface area contributed by atoms with Gasteiger partial charge < -0.3 is 19.9 Å². The smallest absolute Gasteiger partial charge is 0.313 e. The minimum Gasteiger partial charge on any atom is -0.488 e. The van der Waals surface area contributed by atoms with Gasteiger partial charge in [0.1, 0.15) is 5.75 Å². The van der Waals surface area contributed by atoms with E-state index in [1.807, 2.05) is 43.3 Å². The maximum absolute atomic E-state index is 12.6. The number of anilines is 1. The number of nitrogens with one attached hydrogen (secondary N) is 1. The van der Waals surface area contributed by atoms with Crippen LogP contribution < -0.4 is 14.8 Å². The summed E-state index contributed by atoms with van der Waals surface area (Å²) < 4.78 is 11.5. The fourth-order valence-corrected chi connectivity index (χ4v) is 3.79. The van der Waals surface area contributed by atoms with Crippen molar-refractivity contribution in [1.82, 2.24) is 15.0 Å². The topological polar surface area (TPSA) is 124 Å². The van der Waals surface area contributed by atoms with Crippen LogP contribution in [0.3, 0.4) is 0 Å². The van der Waals surface area contributed by atoms with Crippen LogP contribution in [0.15, 0.2) is 79.3 Å². The molecular formula is C30H30N4O5. The Bertz CT molecular complexity index is 1450. The van der Waals surface area contributed by atoms with E-state index in [9.17, 15) is 14.7 Å². The molecule has 2 aromatic carbocycles. The molecule has 0 bridgehead atoms. The Kier molecular flexibility index (Phi) is 8.50. The van der Waals surface area contributed by atoms with Crippen LogP contribution in [0, 0.1) is 0 Å². The van der Waals surface area contributed by atoms with Crippen LogP contribution in [0.25, 0.3) is 11.3 Å². The average Bonchev–Trinajstić information content (AvgIpc) is 2.93. The van der Waals surface area contributed by atoms with Crippen LogP contribution in [0.4, 0.5) is 5.82 Å². The molecule has 0 radical (unpaired) electrons. The molecule has 4 aromatic rings. The molecule has 1 amide bonds. The van der Waals surface area contributed by atoms with Gasteiger partial charge in [-0.05, 0) is 62.6 Å². The number of aryl methyl sites for hydroxylation is 1. The normalized spacial score (nSPS) is 11.1. The molecule has 39 heavy (non-hydrogen) atoms. The lowest BCUT2D eigenvalue weighted by Crippen LogP contribution is -2.28. The third-order valence-electron chi connectivity index (χ3n) is 6.13. The Labute approximate surface area is 226 Å². The quantitative estimate of drug-likeness (QED) is 0.256. The fourth-order valence-electron chi connectivity index (χ4n) is 3.79. The molecule has 9 nitrogen and oxygen atoms in total. The predicted molar refractivity (Wildman–Crippen MR) is 147 cm³/mol. The van der Waals surface area contributed by atoms with Gasteiger partial charge in [-0.25, -0.2) is 9.97 Å². The summed E-state index contributed by atoms with van der Waals surface area (Å²) >= 11 is 0. The van der Waals surface area contributed by atoms with Crippen LogP contribution in [-0.4, -0.2) is 38.5 Å². The number of carboxylic acids is 1. The van der Waals surface area contributed by atoms with Gasteiger partial charge in [0.25, 0.3) is 5.88 Å². The third-order valence-corrected chi connectivity index (χ3v) is 6.13. The number of carbonyl (C=O) groups is 2. The number of aromatic nitrogens is 3. The summed E-state index contributed by atoms with van der Waals surface area (Å²) in [5.41, 5.74) is 2.00. The van der Waals surface area contributed by atoms with Gasteiger partial charge in [0, 0.05) is 18.2 Å². The maximum atomic E-state index is 12.6. The van der Waals surface area contributed by atoms with Gasteiger partial charge in [0.15, 0.2) is 11.6 Å². The summed E-state index contributed by atoms with van der Waals surface area (Å²) in [6.45, 7) is 5.71. The van der Waals surface area contributed by atoms with E-state index in [1.54, 1.807) is 50.5 Å². The molecule has 0 aliphatic carbocycles. The number of benzene rings is 2. The Hall–Kier alpha value is -4.79. The Morgan fingerprint density at radius 2 is 1.82 bits per heavy atom. The highest BCUT2D eigenvalue weighted by Gasteiger charge is 2.29. The van der Waals surface area contributed by atoms with E-state index >= 15 is 0 Å². The molecule has 2 N–H and O–H groups in total. The minimum atomic E-state index is -0.976. The largest absolute Gasteiger partial charge is 0.488 e. The van der Waals surface area contributed by atoms with E-state index in [0.717, 1.165) is 11.1 Å². The van der Waals surface area contributed by atoms with Crippen molar-refractivity contribution in [3.8, 4) is 28.6 Å². The molecule has 0 spiro atoms. The van der Waals surface area contributed by atoms with Crippen molar-refractivity contribution >= 4 is 17.7 Å². The summed E-state index contributed by atoms with van der Waals surface area (Å²) in [5, 5.41) is 12.2. The summed E-state index contributed by atoms with van der Waals surface area (Å²) in [5.74, 6) is 0.721. The van der Waals surface area contributed by atoms with Crippen LogP contribution in [-0.2, 0) is 21.4 Å². The monoisotopic (exact) mass is 526 g/mol. The number of hydrogen-bond donors (Lipinski definition) is 2. The van der Waals surface area contributed by atoms with Gasteiger partial charge in [-0.1, -0.05) is 36.4 Å². The maximum Gasteiger partial charge on any atom is 0.313 e. The van der Waals surface area contributed by atoms with Gasteiger partial charge in [-0.15, -0.1) is 0 Å². The first-order valence-electron chi connectivity index (χ1n) is 12.6.